The van der Waals surface area contributed by atoms with Gasteiger partial charge in [0.2, 0.25) is 5.76 Å². The van der Waals surface area contributed by atoms with Crippen molar-refractivity contribution in [3.8, 4) is 0 Å². The normalized spacial score (nSPS) is 12.2. The smallest absolute Gasteiger partial charge is 0.373 e. The molecule has 7 heteroatoms. The minimum Gasteiger partial charge on any atom is -0.465 e. The van der Waals surface area contributed by atoms with Crippen molar-refractivity contribution in [2.45, 2.75) is 32.1 Å². The molecule has 5 nitrogen and oxygen atoms in total. The number of ether oxygens (including phenoxy) is 2. The van der Waals surface area contributed by atoms with E-state index in [4.69, 9.17) is 9.15 Å². The number of hydrogen-bond acceptors (Lipinski definition) is 5. The lowest BCUT2D eigenvalue weighted by Crippen LogP contribution is -2.22. The van der Waals surface area contributed by atoms with Crippen LogP contribution >= 0.6 is 0 Å². The van der Waals surface area contributed by atoms with Gasteiger partial charge in [-0.3, -0.25) is 4.79 Å². The maximum atomic E-state index is 13.0. The van der Waals surface area contributed by atoms with E-state index in [2.05, 4.69) is 4.74 Å². The van der Waals surface area contributed by atoms with Gasteiger partial charge in [-0.2, -0.15) is 0 Å². The monoisotopic (exact) mass is 290 g/mol. The first-order valence-electron chi connectivity index (χ1n) is 6.12. The van der Waals surface area contributed by atoms with Crippen LogP contribution in [0.4, 0.5) is 8.78 Å². The van der Waals surface area contributed by atoms with Crippen LogP contribution < -0.4 is 0 Å². The molecule has 0 aliphatic carbocycles. The third-order valence-corrected chi connectivity index (χ3v) is 2.61. The minimum atomic E-state index is -2.95. The van der Waals surface area contributed by atoms with Crippen molar-refractivity contribution in [1.82, 2.24) is 0 Å². The molecule has 1 rings (SSSR count). The van der Waals surface area contributed by atoms with Crippen LogP contribution in [0.5, 0.6) is 0 Å². The molecule has 0 N–H and O–H groups in total. The molecule has 20 heavy (non-hydrogen) atoms. The molecule has 0 fully saturated rings. The molecule has 112 valence electrons. The van der Waals surface area contributed by atoms with Crippen LogP contribution in [0.15, 0.2) is 16.7 Å². The Balaban J connectivity index is 2.82. The Hall–Kier alpha value is -1.92. The third-order valence-electron chi connectivity index (χ3n) is 2.61. The van der Waals surface area contributed by atoms with Gasteiger partial charge in [0.1, 0.15) is 5.92 Å². The van der Waals surface area contributed by atoms with E-state index in [1.54, 1.807) is 0 Å². The zero-order valence-electron chi connectivity index (χ0n) is 11.2. The Morgan fingerprint density at radius 1 is 1.40 bits per heavy atom. The SMILES string of the molecule is CCCCOC(=O)C(c1coc(C(=O)OC)c1)C(F)F. The molecule has 0 aliphatic heterocycles. The molecular formula is C13H16F2O5. The molecule has 0 saturated heterocycles. The van der Waals surface area contributed by atoms with Crippen molar-refractivity contribution in [3.05, 3.63) is 23.7 Å². The molecule has 0 aromatic carbocycles. The van der Waals surface area contributed by atoms with Gasteiger partial charge in [-0.1, -0.05) is 13.3 Å². The summed E-state index contributed by atoms with van der Waals surface area (Å²) in [5, 5.41) is 0. The summed E-state index contributed by atoms with van der Waals surface area (Å²) in [4.78, 5) is 22.8. The summed E-state index contributed by atoms with van der Waals surface area (Å²) in [6.45, 7) is 1.97. The molecule has 1 aromatic heterocycles. The van der Waals surface area contributed by atoms with Crippen molar-refractivity contribution < 1.29 is 32.3 Å². The molecule has 1 aromatic rings. The second-order valence-electron chi connectivity index (χ2n) is 4.07. The molecule has 0 radical (unpaired) electrons. The first-order chi connectivity index (χ1) is 9.51. The Labute approximate surface area is 114 Å². The molecule has 0 bridgehead atoms. The van der Waals surface area contributed by atoms with Crippen molar-refractivity contribution in [2.24, 2.45) is 0 Å². The molecule has 0 saturated carbocycles. The summed E-state index contributed by atoms with van der Waals surface area (Å²) < 4.78 is 39.9. The number of furan rings is 1. The van der Waals surface area contributed by atoms with Gasteiger partial charge in [0.05, 0.1) is 20.0 Å². The first-order valence-corrected chi connectivity index (χ1v) is 6.12. The predicted molar refractivity (Wildman–Crippen MR) is 64.7 cm³/mol. The van der Waals surface area contributed by atoms with Gasteiger partial charge >= 0.3 is 11.9 Å². The van der Waals surface area contributed by atoms with Gasteiger partial charge in [0.15, 0.2) is 0 Å². The highest BCUT2D eigenvalue weighted by Crippen LogP contribution is 2.27. The second kappa shape index (κ2) is 7.62. The number of rotatable bonds is 7. The largest absolute Gasteiger partial charge is 0.465 e. The molecule has 0 spiro atoms. The highest BCUT2D eigenvalue weighted by Gasteiger charge is 2.33. The Morgan fingerprint density at radius 2 is 2.10 bits per heavy atom. The van der Waals surface area contributed by atoms with Crippen LogP contribution in [0.25, 0.3) is 0 Å². The standard InChI is InChI=1S/C13H16F2O5/c1-3-4-5-19-13(17)10(11(14)15)8-6-9(20-7-8)12(16)18-2/h6-7,10-11H,3-5H2,1-2H3. The Morgan fingerprint density at radius 3 is 2.65 bits per heavy atom. The zero-order valence-corrected chi connectivity index (χ0v) is 11.2. The van der Waals surface area contributed by atoms with E-state index in [0.717, 1.165) is 25.9 Å². The third kappa shape index (κ3) is 4.04. The van der Waals surface area contributed by atoms with Gasteiger partial charge in [-0.15, -0.1) is 0 Å². The van der Waals surface area contributed by atoms with E-state index in [1.165, 1.54) is 0 Å². The number of esters is 2. The van der Waals surface area contributed by atoms with Crippen molar-refractivity contribution in [3.63, 3.8) is 0 Å². The molecular weight excluding hydrogens is 274 g/mol. The summed E-state index contributed by atoms with van der Waals surface area (Å²) >= 11 is 0. The topological polar surface area (TPSA) is 65.7 Å². The number of carbonyl (C=O) groups is 2. The summed E-state index contributed by atoms with van der Waals surface area (Å²) in [5.74, 6) is -3.85. The van der Waals surface area contributed by atoms with Crippen LogP contribution in [-0.4, -0.2) is 32.1 Å². The van der Waals surface area contributed by atoms with Crippen LogP contribution in [0.3, 0.4) is 0 Å². The van der Waals surface area contributed by atoms with Gasteiger partial charge in [-0.25, -0.2) is 13.6 Å². The number of halogens is 2. The lowest BCUT2D eigenvalue weighted by molar-refractivity contribution is -0.149. The van der Waals surface area contributed by atoms with E-state index >= 15 is 0 Å². The van der Waals surface area contributed by atoms with E-state index in [1.807, 2.05) is 6.92 Å². The number of hydrogen-bond donors (Lipinski definition) is 0. The van der Waals surface area contributed by atoms with Crippen molar-refractivity contribution >= 4 is 11.9 Å². The highest BCUT2D eigenvalue weighted by atomic mass is 19.3. The minimum absolute atomic E-state index is 0.0836. The number of alkyl halides is 2. The summed E-state index contributed by atoms with van der Waals surface area (Å²) in [5.41, 5.74) is -0.109. The Kier molecular flexibility index (Phi) is 6.14. The Bertz CT molecular complexity index is 455. The predicted octanol–water partition coefficient (Wildman–Crippen LogP) is 2.76. The first kappa shape index (κ1) is 16.1. The highest BCUT2D eigenvalue weighted by molar-refractivity contribution is 5.87. The fraction of sp³-hybridized carbons (Fsp3) is 0.538. The molecule has 0 aliphatic rings. The lowest BCUT2D eigenvalue weighted by Gasteiger charge is -2.13. The van der Waals surface area contributed by atoms with Crippen LogP contribution in [0, 0.1) is 0 Å². The van der Waals surface area contributed by atoms with Gasteiger partial charge in [0.25, 0.3) is 6.43 Å². The second-order valence-corrected chi connectivity index (χ2v) is 4.07. The van der Waals surface area contributed by atoms with E-state index in [-0.39, 0.29) is 17.9 Å². The van der Waals surface area contributed by atoms with Crippen LogP contribution in [0.2, 0.25) is 0 Å². The summed E-state index contributed by atoms with van der Waals surface area (Å²) in [7, 11) is 1.13. The number of carbonyl (C=O) groups excluding carboxylic acids is 2. The van der Waals surface area contributed by atoms with E-state index < -0.39 is 24.3 Å². The maximum absolute atomic E-state index is 13.0. The summed E-state index contributed by atoms with van der Waals surface area (Å²) in [6.07, 6.45) is -0.637. The molecule has 1 unspecified atom stereocenters. The number of methoxy groups -OCH3 is 1. The fourth-order valence-corrected chi connectivity index (χ4v) is 1.51. The van der Waals surface area contributed by atoms with E-state index in [9.17, 15) is 18.4 Å². The number of unbranched alkanes of at least 4 members (excludes halogenated alkanes) is 1. The van der Waals surface area contributed by atoms with Crippen molar-refractivity contribution in [2.75, 3.05) is 13.7 Å². The zero-order chi connectivity index (χ0) is 15.1. The average molecular weight is 290 g/mol. The molecule has 1 atom stereocenters. The van der Waals surface area contributed by atoms with Crippen LogP contribution in [-0.2, 0) is 14.3 Å². The fourth-order valence-electron chi connectivity index (χ4n) is 1.51. The summed E-state index contributed by atoms with van der Waals surface area (Å²) in [6, 6.07) is 1.06. The molecule has 0 amide bonds. The van der Waals surface area contributed by atoms with Gasteiger partial charge in [-0.05, 0) is 12.5 Å². The average Bonchev–Trinajstić information content (AvgIpc) is 2.87. The van der Waals surface area contributed by atoms with Gasteiger partial charge in [0, 0.05) is 5.56 Å². The maximum Gasteiger partial charge on any atom is 0.373 e. The van der Waals surface area contributed by atoms with Crippen LogP contribution in [0.1, 0.15) is 41.8 Å². The van der Waals surface area contributed by atoms with Gasteiger partial charge < -0.3 is 13.9 Å². The van der Waals surface area contributed by atoms with E-state index in [0.29, 0.717) is 6.42 Å². The van der Waals surface area contributed by atoms with Crippen molar-refractivity contribution in [1.29, 1.82) is 0 Å². The quantitative estimate of drug-likeness (QED) is 0.570. The lowest BCUT2D eigenvalue weighted by atomic mass is 10.0. The molecule has 1 heterocycles.